The van der Waals surface area contributed by atoms with Crippen LogP contribution in [0.2, 0.25) is 10.0 Å². The Balaban J connectivity index is 1.50. The average molecular weight is 421 g/mol. The van der Waals surface area contributed by atoms with Crippen molar-refractivity contribution in [2.75, 3.05) is 11.9 Å². The van der Waals surface area contributed by atoms with E-state index < -0.39 is 18.5 Å². The summed E-state index contributed by atoms with van der Waals surface area (Å²) < 4.78 is 5.00. The fraction of sp³-hybridized carbons (Fsp3) is 0.105. The molecular weight excluding hydrogens is 407 g/mol. The zero-order valence-corrected chi connectivity index (χ0v) is 16.3. The summed E-state index contributed by atoms with van der Waals surface area (Å²) in [6.07, 6.45) is -0.00542. The zero-order valence-electron chi connectivity index (χ0n) is 13.9. The SMILES string of the molecule is O=C(COC(=O)Cc1csc(-c2ccccc2)n1)Nc1cc(Cl)ccc1Cl. The zero-order chi connectivity index (χ0) is 19.2. The summed E-state index contributed by atoms with van der Waals surface area (Å²) >= 11 is 13.3. The smallest absolute Gasteiger partial charge is 0.312 e. The number of thiazole rings is 1. The number of halogens is 2. The third-order valence-electron chi connectivity index (χ3n) is 3.46. The number of hydrogen-bond acceptors (Lipinski definition) is 5. The summed E-state index contributed by atoms with van der Waals surface area (Å²) in [6, 6.07) is 14.4. The van der Waals surface area contributed by atoms with Crippen molar-refractivity contribution in [2.24, 2.45) is 0 Å². The highest BCUT2D eigenvalue weighted by atomic mass is 35.5. The van der Waals surface area contributed by atoms with E-state index >= 15 is 0 Å². The van der Waals surface area contributed by atoms with Crippen LogP contribution in [0.25, 0.3) is 10.6 Å². The van der Waals surface area contributed by atoms with Crippen molar-refractivity contribution in [1.29, 1.82) is 0 Å². The van der Waals surface area contributed by atoms with E-state index in [4.69, 9.17) is 27.9 Å². The average Bonchev–Trinajstić information content (AvgIpc) is 3.12. The second-order valence-electron chi connectivity index (χ2n) is 5.52. The Bertz CT molecular complexity index is 961. The van der Waals surface area contributed by atoms with E-state index in [9.17, 15) is 9.59 Å². The van der Waals surface area contributed by atoms with Gasteiger partial charge in [-0.15, -0.1) is 11.3 Å². The first-order valence-electron chi connectivity index (χ1n) is 7.91. The van der Waals surface area contributed by atoms with Gasteiger partial charge in [0.1, 0.15) is 5.01 Å². The summed E-state index contributed by atoms with van der Waals surface area (Å²) in [5, 5.41) is 5.95. The van der Waals surface area contributed by atoms with E-state index in [1.165, 1.54) is 17.4 Å². The van der Waals surface area contributed by atoms with Gasteiger partial charge in [-0.25, -0.2) is 4.98 Å². The maximum atomic E-state index is 12.0. The molecule has 1 amide bonds. The minimum absolute atomic E-state index is 0.00542. The third kappa shape index (κ3) is 5.53. The van der Waals surface area contributed by atoms with Gasteiger partial charge in [0.05, 0.1) is 22.8 Å². The number of nitrogens with zero attached hydrogens (tertiary/aromatic N) is 1. The summed E-state index contributed by atoms with van der Waals surface area (Å²) in [6.45, 7) is -0.419. The maximum Gasteiger partial charge on any atom is 0.312 e. The lowest BCUT2D eigenvalue weighted by Crippen LogP contribution is -2.21. The molecule has 0 unspecified atom stereocenters. The van der Waals surface area contributed by atoms with Gasteiger partial charge >= 0.3 is 5.97 Å². The molecule has 0 spiro atoms. The molecule has 0 fully saturated rings. The van der Waals surface area contributed by atoms with Gasteiger partial charge < -0.3 is 10.1 Å². The molecule has 0 aliphatic heterocycles. The number of ether oxygens (including phenoxy) is 1. The second-order valence-corrected chi connectivity index (χ2v) is 7.22. The maximum absolute atomic E-state index is 12.0. The van der Waals surface area contributed by atoms with Crippen LogP contribution in [-0.4, -0.2) is 23.5 Å². The van der Waals surface area contributed by atoms with Crippen LogP contribution in [0.5, 0.6) is 0 Å². The number of anilines is 1. The van der Waals surface area contributed by atoms with E-state index in [1.54, 1.807) is 17.5 Å². The van der Waals surface area contributed by atoms with Gasteiger partial charge in [-0.1, -0.05) is 53.5 Å². The fourth-order valence-corrected chi connectivity index (χ4v) is 3.39. The standard InChI is InChI=1S/C19H14Cl2N2O3S/c20-13-6-7-15(21)16(8-13)23-17(24)10-26-18(25)9-14-11-27-19(22-14)12-4-2-1-3-5-12/h1-8,11H,9-10H2,(H,23,24). The topological polar surface area (TPSA) is 68.3 Å². The molecule has 5 nitrogen and oxygen atoms in total. The number of nitrogens with one attached hydrogen (secondary N) is 1. The Morgan fingerprint density at radius 1 is 1.11 bits per heavy atom. The van der Waals surface area contributed by atoms with Crippen molar-refractivity contribution >= 4 is 52.1 Å². The van der Waals surface area contributed by atoms with Gasteiger partial charge in [-0.2, -0.15) is 0 Å². The second kappa shape index (κ2) is 8.99. The van der Waals surface area contributed by atoms with E-state index in [0.717, 1.165) is 10.6 Å². The lowest BCUT2D eigenvalue weighted by atomic mass is 10.2. The quantitative estimate of drug-likeness (QED) is 0.579. The molecule has 0 atom stereocenters. The Hall–Kier alpha value is -2.41. The molecule has 138 valence electrons. The van der Waals surface area contributed by atoms with E-state index in [-0.39, 0.29) is 6.42 Å². The summed E-state index contributed by atoms with van der Waals surface area (Å²) in [5.74, 6) is -1.04. The minimum Gasteiger partial charge on any atom is -0.455 e. The highest BCUT2D eigenvalue weighted by Gasteiger charge is 2.13. The van der Waals surface area contributed by atoms with Gasteiger partial charge in [0.25, 0.3) is 5.91 Å². The molecule has 3 rings (SSSR count). The van der Waals surface area contributed by atoms with Crippen molar-refractivity contribution in [3.63, 3.8) is 0 Å². The molecule has 0 saturated heterocycles. The first-order valence-corrected chi connectivity index (χ1v) is 9.55. The molecule has 1 aromatic heterocycles. The van der Waals surface area contributed by atoms with Crippen LogP contribution in [0.15, 0.2) is 53.9 Å². The molecule has 0 saturated carbocycles. The van der Waals surface area contributed by atoms with Crippen molar-refractivity contribution in [1.82, 2.24) is 4.98 Å². The minimum atomic E-state index is -0.535. The molecule has 0 radical (unpaired) electrons. The molecule has 1 heterocycles. The van der Waals surface area contributed by atoms with Gasteiger partial charge in [-0.3, -0.25) is 9.59 Å². The van der Waals surface area contributed by atoms with Gasteiger partial charge in [0.15, 0.2) is 6.61 Å². The van der Waals surface area contributed by atoms with Crippen molar-refractivity contribution in [3.05, 3.63) is 69.7 Å². The molecule has 0 aliphatic carbocycles. The molecular formula is C19H14Cl2N2O3S. The number of esters is 1. The molecule has 0 aliphatic rings. The van der Waals surface area contributed by atoms with Crippen molar-refractivity contribution < 1.29 is 14.3 Å². The van der Waals surface area contributed by atoms with Crippen molar-refractivity contribution in [2.45, 2.75) is 6.42 Å². The largest absolute Gasteiger partial charge is 0.455 e. The molecule has 27 heavy (non-hydrogen) atoms. The molecule has 3 aromatic rings. The number of aromatic nitrogens is 1. The Labute approximate surface area is 169 Å². The molecule has 2 aromatic carbocycles. The number of hydrogen-bond donors (Lipinski definition) is 1. The summed E-state index contributed by atoms with van der Waals surface area (Å²) in [7, 11) is 0. The number of carbonyl (C=O) groups excluding carboxylic acids is 2. The predicted octanol–water partition coefficient (Wildman–Crippen LogP) is 4.84. The first kappa shape index (κ1) is 19.4. The van der Waals surface area contributed by atoms with Gasteiger partial charge in [0, 0.05) is 16.0 Å². The number of amides is 1. The van der Waals surface area contributed by atoms with Crippen LogP contribution in [-0.2, 0) is 20.7 Å². The Morgan fingerprint density at radius 2 is 1.89 bits per heavy atom. The fourth-order valence-electron chi connectivity index (χ4n) is 2.23. The molecule has 1 N–H and O–H groups in total. The highest BCUT2D eigenvalue weighted by Crippen LogP contribution is 2.25. The first-order chi connectivity index (χ1) is 13.0. The molecule has 8 heteroatoms. The van der Waals surface area contributed by atoms with E-state index in [1.807, 2.05) is 30.3 Å². The lowest BCUT2D eigenvalue weighted by Gasteiger charge is -2.08. The summed E-state index contributed by atoms with van der Waals surface area (Å²) in [5.41, 5.74) is 1.94. The lowest BCUT2D eigenvalue weighted by molar-refractivity contribution is -0.146. The molecule has 0 bridgehead atoms. The van der Waals surface area contributed by atoms with E-state index in [2.05, 4.69) is 10.3 Å². The van der Waals surface area contributed by atoms with Gasteiger partial charge in [-0.05, 0) is 18.2 Å². The highest BCUT2D eigenvalue weighted by molar-refractivity contribution is 7.13. The number of benzene rings is 2. The van der Waals surface area contributed by atoms with Crippen molar-refractivity contribution in [3.8, 4) is 10.6 Å². The van der Waals surface area contributed by atoms with Crippen LogP contribution >= 0.6 is 34.5 Å². The van der Waals surface area contributed by atoms with Crippen LogP contribution in [0, 0.1) is 0 Å². The third-order valence-corrected chi connectivity index (χ3v) is 4.97. The van der Waals surface area contributed by atoms with Gasteiger partial charge in [0.2, 0.25) is 0 Å². The monoisotopic (exact) mass is 420 g/mol. The summed E-state index contributed by atoms with van der Waals surface area (Å²) in [4.78, 5) is 28.3. The van der Waals surface area contributed by atoms with E-state index in [0.29, 0.717) is 21.4 Å². The number of carbonyl (C=O) groups is 2. The Morgan fingerprint density at radius 3 is 2.67 bits per heavy atom. The van der Waals surface area contributed by atoms with Crippen LogP contribution in [0.3, 0.4) is 0 Å². The van der Waals surface area contributed by atoms with Crippen LogP contribution in [0.4, 0.5) is 5.69 Å². The predicted molar refractivity (Wildman–Crippen MR) is 107 cm³/mol. The Kier molecular flexibility index (Phi) is 6.45. The van der Waals surface area contributed by atoms with Crippen LogP contribution < -0.4 is 5.32 Å². The normalized spacial score (nSPS) is 10.4. The van der Waals surface area contributed by atoms with Crippen LogP contribution in [0.1, 0.15) is 5.69 Å². The number of rotatable bonds is 6.